The van der Waals surface area contributed by atoms with E-state index in [1.165, 1.54) is 23.5 Å². The van der Waals surface area contributed by atoms with Crippen LogP contribution in [0, 0.1) is 11.6 Å². The average Bonchev–Trinajstić information content (AvgIpc) is 3.16. The summed E-state index contributed by atoms with van der Waals surface area (Å²) in [7, 11) is 0. The zero-order valence-corrected chi connectivity index (χ0v) is 19.4. The molecule has 1 fully saturated rings. The van der Waals surface area contributed by atoms with Gasteiger partial charge < -0.3 is 15.2 Å². The van der Waals surface area contributed by atoms with Gasteiger partial charge in [-0.25, -0.2) is 23.5 Å². The Bertz CT molecular complexity index is 1150. The molecular formula is C22H21ClF2N4O4S. The summed E-state index contributed by atoms with van der Waals surface area (Å²) >= 11 is 7.52. The molecule has 0 amide bonds. The van der Waals surface area contributed by atoms with Gasteiger partial charge >= 0.3 is 5.97 Å². The second kappa shape index (κ2) is 12.4. The topological polar surface area (TPSA) is 105 Å². The van der Waals surface area contributed by atoms with E-state index >= 15 is 0 Å². The zero-order valence-electron chi connectivity index (χ0n) is 17.8. The van der Waals surface area contributed by atoms with Gasteiger partial charge in [-0.3, -0.25) is 9.69 Å². The number of aromatic nitrogens is 2. The summed E-state index contributed by atoms with van der Waals surface area (Å²) in [6, 6.07) is 5.87. The molecule has 4 rings (SSSR count). The first-order chi connectivity index (χ1) is 16.3. The van der Waals surface area contributed by atoms with Crippen LogP contribution in [0.3, 0.4) is 0 Å². The van der Waals surface area contributed by atoms with Gasteiger partial charge in [0.05, 0.1) is 15.8 Å². The molecule has 0 atom stereocenters. The number of benzene rings is 1. The van der Waals surface area contributed by atoms with Crippen LogP contribution in [0.1, 0.15) is 18.4 Å². The second-order valence-corrected chi connectivity index (χ2v) is 9.00. The number of likely N-dealkylation sites (tertiary alicyclic amines) is 1. The number of carboxylic acids is 1. The lowest BCUT2D eigenvalue weighted by atomic mass is 10.0. The van der Waals surface area contributed by atoms with Crippen LogP contribution < -0.4 is 5.32 Å². The summed E-state index contributed by atoms with van der Waals surface area (Å²) in [5, 5.41) is 12.3. The molecule has 12 heteroatoms. The molecule has 1 aliphatic rings. The Hall–Kier alpha value is -3.15. The normalized spacial score (nSPS) is 14.6. The van der Waals surface area contributed by atoms with Crippen molar-refractivity contribution in [1.82, 2.24) is 14.9 Å². The van der Waals surface area contributed by atoms with Crippen LogP contribution in [0.2, 0.25) is 4.34 Å². The Labute approximate surface area is 202 Å². The standard InChI is InChI=1S/C18H17ClF2N4S.C4H4O4/c19-16-8-15-17(22-10-23-18(15)26-16)24-14-1-3-25(4-2-14)9-11-5-12(20)7-13(21)6-11;5-3-8-2-1-4(6)7/h5-8,10,14H,1-4,9H2,(H,22,23,24);1-3H,(H,6,7)/b;2-1-. The van der Waals surface area contributed by atoms with Gasteiger partial charge in [0.15, 0.2) is 0 Å². The number of ether oxygens (including phenoxy) is 1. The third-order valence-corrected chi connectivity index (χ3v) is 6.07. The third kappa shape index (κ3) is 7.72. The number of aliphatic carboxylic acids is 1. The van der Waals surface area contributed by atoms with Gasteiger partial charge in [0.2, 0.25) is 0 Å². The van der Waals surface area contributed by atoms with Gasteiger partial charge in [-0.15, -0.1) is 11.3 Å². The van der Waals surface area contributed by atoms with E-state index in [1.807, 2.05) is 6.07 Å². The number of hydrogen-bond donors (Lipinski definition) is 2. The average molecular weight is 511 g/mol. The van der Waals surface area contributed by atoms with Crippen LogP contribution in [0.5, 0.6) is 0 Å². The van der Waals surface area contributed by atoms with Crippen molar-refractivity contribution < 1.29 is 28.2 Å². The second-order valence-electron chi connectivity index (χ2n) is 7.34. The first kappa shape index (κ1) is 25.5. The largest absolute Gasteiger partial charge is 0.478 e. The fourth-order valence-corrected chi connectivity index (χ4v) is 4.52. The van der Waals surface area contributed by atoms with Crippen LogP contribution in [0.15, 0.2) is 42.9 Å². The van der Waals surface area contributed by atoms with Crippen LogP contribution in [0.4, 0.5) is 14.6 Å². The van der Waals surface area contributed by atoms with Crippen molar-refractivity contribution in [2.24, 2.45) is 0 Å². The summed E-state index contributed by atoms with van der Waals surface area (Å²) < 4.78 is 31.3. The van der Waals surface area contributed by atoms with Crippen molar-refractivity contribution >= 4 is 51.4 Å². The van der Waals surface area contributed by atoms with Crippen LogP contribution in [0.25, 0.3) is 10.2 Å². The molecule has 34 heavy (non-hydrogen) atoms. The van der Waals surface area contributed by atoms with Gasteiger partial charge in [-0.2, -0.15) is 0 Å². The van der Waals surface area contributed by atoms with Gasteiger partial charge in [-0.1, -0.05) is 11.6 Å². The van der Waals surface area contributed by atoms with Crippen LogP contribution in [-0.2, 0) is 20.9 Å². The lowest BCUT2D eigenvalue weighted by Crippen LogP contribution is -2.38. The molecule has 0 spiro atoms. The highest BCUT2D eigenvalue weighted by Crippen LogP contribution is 2.32. The van der Waals surface area contributed by atoms with Gasteiger partial charge in [-0.05, 0) is 36.6 Å². The molecule has 0 unspecified atom stereocenters. The number of carboxylic acid groups (broad SMARTS) is 1. The van der Waals surface area contributed by atoms with E-state index in [4.69, 9.17) is 16.7 Å². The van der Waals surface area contributed by atoms with E-state index < -0.39 is 17.6 Å². The van der Waals surface area contributed by atoms with Crippen molar-refractivity contribution in [3.8, 4) is 0 Å². The number of fused-ring (bicyclic) bond motifs is 1. The Morgan fingerprint density at radius 3 is 2.59 bits per heavy atom. The van der Waals surface area contributed by atoms with E-state index in [1.54, 1.807) is 6.33 Å². The van der Waals surface area contributed by atoms with Crippen molar-refractivity contribution in [2.45, 2.75) is 25.4 Å². The van der Waals surface area contributed by atoms with Gasteiger partial charge in [0.25, 0.3) is 6.47 Å². The fourth-order valence-electron chi connectivity index (χ4n) is 3.46. The number of nitrogens with one attached hydrogen (secondary N) is 1. The molecule has 0 saturated carbocycles. The van der Waals surface area contributed by atoms with Crippen LogP contribution >= 0.6 is 22.9 Å². The van der Waals surface area contributed by atoms with E-state index in [2.05, 4.69) is 24.9 Å². The molecule has 0 radical (unpaired) electrons. The minimum atomic E-state index is -1.15. The molecule has 1 aliphatic heterocycles. The predicted octanol–water partition coefficient (Wildman–Crippen LogP) is 4.46. The minimum absolute atomic E-state index is 0.138. The highest BCUT2D eigenvalue weighted by atomic mass is 35.5. The van der Waals surface area contributed by atoms with Gasteiger partial charge in [0.1, 0.15) is 34.9 Å². The van der Waals surface area contributed by atoms with Gasteiger partial charge in [0, 0.05) is 31.7 Å². The third-order valence-electron chi connectivity index (χ3n) is 4.90. The number of piperidine rings is 1. The van der Waals surface area contributed by atoms with Crippen LogP contribution in [-0.4, -0.2) is 51.5 Å². The monoisotopic (exact) mass is 510 g/mol. The maximum absolute atomic E-state index is 13.3. The Morgan fingerprint density at radius 2 is 1.94 bits per heavy atom. The molecule has 2 aromatic heterocycles. The molecular weight excluding hydrogens is 490 g/mol. The number of rotatable bonds is 7. The van der Waals surface area contributed by atoms with Crippen molar-refractivity contribution in [2.75, 3.05) is 18.4 Å². The number of thiophene rings is 1. The number of anilines is 1. The first-order valence-corrected chi connectivity index (χ1v) is 11.4. The lowest BCUT2D eigenvalue weighted by molar-refractivity contribution is -0.131. The first-order valence-electron chi connectivity index (χ1n) is 10.2. The highest BCUT2D eigenvalue weighted by Gasteiger charge is 2.21. The number of carbonyl (C=O) groups excluding carboxylic acids is 1. The maximum atomic E-state index is 13.3. The Balaban J connectivity index is 0.000000350. The number of nitrogens with zero attached hydrogens (tertiary/aromatic N) is 3. The summed E-state index contributed by atoms with van der Waals surface area (Å²) in [4.78, 5) is 30.6. The van der Waals surface area contributed by atoms with E-state index in [0.29, 0.717) is 28.6 Å². The molecule has 1 aromatic carbocycles. The quantitative estimate of drug-likeness (QED) is 0.273. The van der Waals surface area contributed by atoms with E-state index in [9.17, 15) is 18.4 Å². The lowest BCUT2D eigenvalue weighted by Gasteiger charge is -2.32. The number of carbonyl (C=O) groups is 2. The molecule has 0 bridgehead atoms. The number of hydrogen-bond acceptors (Lipinski definition) is 8. The Kier molecular flexibility index (Phi) is 9.25. The van der Waals surface area contributed by atoms with E-state index in [-0.39, 0.29) is 6.47 Å². The predicted molar refractivity (Wildman–Crippen MR) is 125 cm³/mol. The zero-order chi connectivity index (χ0) is 24.5. The summed E-state index contributed by atoms with van der Waals surface area (Å²) in [6.07, 6.45) is 4.91. The molecule has 180 valence electrons. The van der Waals surface area contributed by atoms with Crippen molar-refractivity contribution in [3.63, 3.8) is 0 Å². The molecule has 8 nitrogen and oxygen atoms in total. The number of halogens is 3. The fraction of sp³-hybridized carbons (Fsp3) is 0.273. The molecule has 3 heterocycles. The van der Waals surface area contributed by atoms with Crippen molar-refractivity contribution in [3.05, 3.63) is 64.5 Å². The molecule has 2 N–H and O–H groups in total. The SMILES string of the molecule is Fc1cc(F)cc(CN2CCC(Nc3ncnc4sc(Cl)cc34)CC2)c1.O=CO/C=C\C(=O)O. The smallest absolute Gasteiger partial charge is 0.331 e. The Morgan fingerprint density at radius 1 is 1.24 bits per heavy atom. The van der Waals surface area contributed by atoms with Crippen molar-refractivity contribution in [1.29, 1.82) is 0 Å². The highest BCUT2D eigenvalue weighted by molar-refractivity contribution is 7.22. The minimum Gasteiger partial charge on any atom is -0.478 e. The maximum Gasteiger partial charge on any atom is 0.331 e. The van der Waals surface area contributed by atoms with E-state index in [0.717, 1.165) is 54.3 Å². The summed E-state index contributed by atoms with van der Waals surface area (Å²) in [5.41, 5.74) is 0.666. The molecule has 0 aliphatic carbocycles. The molecule has 1 saturated heterocycles. The molecule has 3 aromatic rings. The summed E-state index contributed by atoms with van der Waals surface area (Å²) in [5.74, 6) is -1.40. The summed E-state index contributed by atoms with van der Waals surface area (Å²) in [6.45, 7) is 2.40.